The third-order valence-corrected chi connectivity index (χ3v) is 6.03. The van der Waals surface area contributed by atoms with Crippen LogP contribution in [0.2, 0.25) is 5.02 Å². The molecule has 0 aliphatic heterocycles. The Morgan fingerprint density at radius 2 is 1.89 bits per heavy atom. The number of carbonyl (C=O) groups is 1. The molecule has 35 heavy (non-hydrogen) atoms. The minimum absolute atomic E-state index is 0.0336. The fraction of sp³-hybridized carbons (Fsp3) is 0.0833. The van der Waals surface area contributed by atoms with Crippen molar-refractivity contribution in [2.45, 2.75) is 12.1 Å². The molecule has 1 amide bonds. The average molecular weight is 507 g/mol. The number of amides is 1. The Morgan fingerprint density at radius 1 is 1.14 bits per heavy atom. The van der Waals surface area contributed by atoms with E-state index in [1.807, 2.05) is 47.9 Å². The van der Waals surface area contributed by atoms with Crippen LogP contribution in [-0.4, -0.2) is 37.6 Å². The highest BCUT2D eigenvalue weighted by atomic mass is 35.5. The van der Waals surface area contributed by atoms with E-state index in [0.717, 1.165) is 16.8 Å². The number of nitro groups is 1. The molecule has 0 saturated carbocycles. The van der Waals surface area contributed by atoms with Crippen molar-refractivity contribution in [2.24, 2.45) is 5.10 Å². The average Bonchev–Trinajstić information content (AvgIpc) is 3.28. The van der Waals surface area contributed by atoms with E-state index in [9.17, 15) is 14.9 Å². The van der Waals surface area contributed by atoms with Crippen molar-refractivity contribution in [3.63, 3.8) is 0 Å². The van der Waals surface area contributed by atoms with Gasteiger partial charge in [-0.25, -0.2) is 5.43 Å². The van der Waals surface area contributed by atoms with Gasteiger partial charge in [0.15, 0.2) is 11.0 Å². The maximum absolute atomic E-state index is 12.4. The number of aryl methyl sites for hydroxylation is 1. The van der Waals surface area contributed by atoms with Gasteiger partial charge in [-0.3, -0.25) is 19.5 Å². The predicted octanol–water partition coefficient (Wildman–Crippen LogP) is 5.05. The van der Waals surface area contributed by atoms with Crippen molar-refractivity contribution in [2.75, 3.05) is 5.75 Å². The Labute approximate surface area is 210 Å². The van der Waals surface area contributed by atoms with Crippen LogP contribution in [0.4, 0.5) is 5.69 Å². The van der Waals surface area contributed by atoms with Crippen LogP contribution >= 0.6 is 23.4 Å². The molecule has 0 unspecified atom stereocenters. The van der Waals surface area contributed by atoms with E-state index in [0.29, 0.717) is 21.6 Å². The molecule has 176 valence electrons. The van der Waals surface area contributed by atoms with Crippen LogP contribution in [0.15, 0.2) is 83.1 Å². The molecule has 11 heteroatoms. The summed E-state index contributed by atoms with van der Waals surface area (Å²) in [4.78, 5) is 22.7. The number of thioether (sulfide) groups is 1. The highest BCUT2D eigenvalue weighted by Gasteiger charge is 2.17. The summed E-state index contributed by atoms with van der Waals surface area (Å²) in [7, 11) is 0. The number of nitro benzene ring substituents is 1. The number of hydrogen-bond acceptors (Lipinski definition) is 7. The SMILES string of the molecule is Cc1ccc(-c2nnc(SCC(=O)N/N=C\c3cccc([N+](=O)[O-])c3)n2-c2ccc(Cl)cc2)cc1. The third-order valence-electron chi connectivity index (χ3n) is 4.84. The van der Waals surface area contributed by atoms with Gasteiger partial charge in [0, 0.05) is 34.0 Å². The van der Waals surface area contributed by atoms with Crippen molar-refractivity contribution >= 4 is 41.2 Å². The Kier molecular flexibility index (Phi) is 7.54. The van der Waals surface area contributed by atoms with Crippen LogP contribution in [0.25, 0.3) is 17.1 Å². The van der Waals surface area contributed by atoms with Gasteiger partial charge < -0.3 is 0 Å². The molecule has 3 aromatic carbocycles. The molecule has 0 spiro atoms. The lowest BCUT2D eigenvalue weighted by Crippen LogP contribution is -2.20. The quantitative estimate of drug-likeness (QED) is 0.155. The van der Waals surface area contributed by atoms with Crippen LogP contribution in [-0.2, 0) is 4.79 Å². The molecule has 9 nitrogen and oxygen atoms in total. The first-order chi connectivity index (χ1) is 16.9. The van der Waals surface area contributed by atoms with Gasteiger partial charge in [0.1, 0.15) is 0 Å². The molecule has 1 heterocycles. The lowest BCUT2D eigenvalue weighted by atomic mass is 10.1. The lowest BCUT2D eigenvalue weighted by Gasteiger charge is -2.10. The molecular formula is C24H19ClN6O3S. The molecule has 0 atom stereocenters. The number of halogens is 1. The first kappa shape index (κ1) is 24.1. The van der Waals surface area contributed by atoms with Gasteiger partial charge in [-0.05, 0) is 31.2 Å². The zero-order valence-corrected chi connectivity index (χ0v) is 20.0. The van der Waals surface area contributed by atoms with Gasteiger partial charge in [0.05, 0.1) is 16.9 Å². The third kappa shape index (κ3) is 6.11. The number of non-ortho nitro benzene ring substituents is 1. The topological polar surface area (TPSA) is 115 Å². The van der Waals surface area contributed by atoms with Gasteiger partial charge in [0.2, 0.25) is 0 Å². The van der Waals surface area contributed by atoms with Gasteiger partial charge in [-0.15, -0.1) is 10.2 Å². The second-order valence-corrected chi connectivity index (χ2v) is 8.80. The maximum atomic E-state index is 12.4. The number of hydrogen-bond donors (Lipinski definition) is 1. The van der Waals surface area contributed by atoms with E-state index in [1.165, 1.54) is 30.1 Å². The van der Waals surface area contributed by atoms with Crippen molar-refractivity contribution in [3.8, 4) is 17.1 Å². The smallest absolute Gasteiger partial charge is 0.270 e. The van der Waals surface area contributed by atoms with Gasteiger partial charge in [-0.2, -0.15) is 5.10 Å². The van der Waals surface area contributed by atoms with Crippen molar-refractivity contribution < 1.29 is 9.72 Å². The van der Waals surface area contributed by atoms with Gasteiger partial charge >= 0.3 is 0 Å². The highest BCUT2D eigenvalue weighted by molar-refractivity contribution is 7.99. The summed E-state index contributed by atoms with van der Waals surface area (Å²) in [5.74, 6) is 0.310. The normalized spacial score (nSPS) is 11.0. The summed E-state index contributed by atoms with van der Waals surface area (Å²) in [5, 5.41) is 24.6. The molecule has 0 fully saturated rings. The Morgan fingerprint density at radius 3 is 2.60 bits per heavy atom. The molecule has 4 rings (SSSR count). The second-order valence-electron chi connectivity index (χ2n) is 7.42. The minimum Gasteiger partial charge on any atom is -0.272 e. The lowest BCUT2D eigenvalue weighted by molar-refractivity contribution is -0.384. The fourth-order valence-electron chi connectivity index (χ4n) is 3.14. The van der Waals surface area contributed by atoms with Gasteiger partial charge in [-0.1, -0.05) is 65.3 Å². The summed E-state index contributed by atoms with van der Waals surface area (Å²) in [5.41, 5.74) is 5.69. The van der Waals surface area contributed by atoms with Crippen molar-refractivity contribution in [1.82, 2.24) is 20.2 Å². The minimum atomic E-state index is -0.492. The maximum Gasteiger partial charge on any atom is 0.270 e. The number of carbonyl (C=O) groups excluding carboxylic acids is 1. The summed E-state index contributed by atoms with van der Waals surface area (Å²) in [6.07, 6.45) is 1.35. The van der Waals surface area contributed by atoms with E-state index in [1.54, 1.807) is 24.3 Å². The predicted molar refractivity (Wildman–Crippen MR) is 136 cm³/mol. The van der Waals surface area contributed by atoms with E-state index >= 15 is 0 Å². The molecule has 4 aromatic rings. The van der Waals surface area contributed by atoms with E-state index in [-0.39, 0.29) is 17.3 Å². The molecule has 0 aliphatic rings. The van der Waals surface area contributed by atoms with Crippen molar-refractivity contribution in [3.05, 3.63) is 99.1 Å². The molecule has 1 N–H and O–H groups in total. The Bertz CT molecular complexity index is 1390. The number of benzene rings is 3. The highest BCUT2D eigenvalue weighted by Crippen LogP contribution is 2.28. The Balaban J connectivity index is 1.49. The number of nitrogens with zero attached hydrogens (tertiary/aromatic N) is 5. The standard InChI is InChI=1S/C24H19ClN6O3S/c1-16-5-7-18(8-6-16)23-28-29-24(30(23)20-11-9-19(25)10-12-20)35-15-22(32)27-26-14-17-3-2-4-21(13-17)31(33)34/h2-14H,15H2,1H3,(H,27,32)/b26-14-. The van der Waals surface area contributed by atoms with Crippen LogP contribution in [0.3, 0.4) is 0 Å². The molecule has 0 radical (unpaired) electrons. The van der Waals surface area contributed by atoms with E-state index in [2.05, 4.69) is 20.7 Å². The van der Waals surface area contributed by atoms with E-state index in [4.69, 9.17) is 11.6 Å². The molecule has 0 saturated heterocycles. The number of nitrogens with one attached hydrogen (secondary N) is 1. The first-order valence-electron chi connectivity index (χ1n) is 10.4. The fourth-order valence-corrected chi connectivity index (χ4v) is 4.01. The van der Waals surface area contributed by atoms with E-state index < -0.39 is 4.92 Å². The first-order valence-corrected chi connectivity index (χ1v) is 11.7. The summed E-state index contributed by atoms with van der Waals surface area (Å²) in [6.45, 7) is 2.01. The zero-order valence-electron chi connectivity index (χ0n) is 18.5. The molecule has 1 aromatic heterocycles. The van der Waals surface area contributed by atoms with Crippen LogP contribution in [0.1, 0.15) is 11.1 Å². The number of rotatable bonds is 8. The molecule has 0 bridgehead atoms. The van der Waals surface area contributed by atoms with Crippen LogP contribution in [0, 0.1) is 17.0 Å². The second kappa shape index (κ2) is 10.9. The Hall–Kier alpha value is -4.02. The molecule has 0 aliphatic carbocycles. The summed E-state index contributed by atoms with van der Waals surface area (Å²) >= 11 is 7.27. The van der Waals surface area contributed by atoms with Crippen LogP contribution in [0.5, 0.6) is 0 Å². The van der Waals surface area contributed by atoms with Gasteiger partial charge in [0.25, 0.3) is 11.6 Å². The molecular weight excluding hydrogens is 488 g/mol. The number of hydrazone groups is 1. The monoisotopic (exact) mass is 506 g/mol. The number of aromatic nitrogens is 3. The summed E-state index contributed by atoms with van der Waals surface area (Å²) in [6, 6.07) is 21.1. The van der Waals surface area contributed by atoms with Crippen LogP contribution < -0.4 is 5.43 Å². The van der Waals surface area contributed by atoms with Crippen molar-refractivity contribution in [1.29, 1.82) is 0 Å². The zero-order chi connectivity index (χ0) is 24.8. The summed E-state index contributed by atoms with van der Waals surface area (Å²) < 4.78 is 1.87. The largest absolute Gasteiger partial charge is 0.272 e.